The van der Waals surface area contributed by atoms with Gasteiger partial charge in [0.25, 0.3) is 0 Å². The molecule has 34 heavy (non-hydrogen) atoms. The lowest BCUT2D eigenvalue weighted by Gasteiger charge is -2.19. The van der Waals surface area contributed by atoms with Crippen molar-refractivity contribution in [2.24, 2.45) is 0 Å². The first kappa shape index (κ1) is 25.3. The van der Waals surface area contributed by atoms with Crippen molar-refractivity contribution in [3.63, 3.8) is 0 Å². The minimum Gasteiger partial charge on any atom is -0.390 e. The van der Waals surface area contributed by atoms with E-state index in [9.17, 15) is 28.6 Å². The summed E-state index contributed by atoms with van der Waals surface area (Å²) >= 11 is 0. The van der Waals surface area contributed by atoms with E-state index in [1.165, 1.54) is 6.33 Å². The van der Waals surface area contributed by atoms with Crippen molar-refractivity contribution < 1.29 is 56.3 Å². The third-order valence-electron chi connectivity index (χ3n) is 4.83. The molecule has 186 valence electrons. The van der Waals surface area contributed by atoms with Crippen LogP contribution in [0.3, 0.4) is 0 Å². The van der Waals surface area contributed by atoms with Crippen molar-refractivity contribution >= 4 is 51.2 Å². The number of nitrogens with two attached hydrogens (primary N) is 1. The zero-order valence-electron chi connectivity index (χ0n) is 16.9. The maximum atomic E-state index is 11.9. The van der Waals surface area contributed by atoms with Crippen LogP contribution in [0.4, 0.5) is 5.82 Å². The number of rotatable bonds is 8. The predicted octanol–water partition coefficient (Wildman–Crippen LogP) is 1.16. The number of hydrogen-bond donors (Lipinski definition) is 6. The van der Waals surface area contributed by atoms with Gasteiger partial charge in [-0.05, 0) is 6.07 Å². The highest BCUT2D eigenvalue weighted by Crippen LogP contribution is 2.66. The first-order chi connectivity index (χ1) is 15.8. The molecule has 19 heteroatoms. The molecule has 7 N–H and O–H groups in total. The maximum Gasteiger partial charge on any atom is 0.490 e. The number of phosphoric acid groups is 3. The molecule has 2 aromatic heterocycles. The fourth-order valence-corrected chi connectivity index (χ4v) is 6.66. The Morgan fingerprint density at radius 1 is 1.09 bits per heavy atom. The monoisotopic (exact) mass is 540 g/mol. The maximum absolute atomic E-state index is 11.9. The molecule has 0 aliphatic carbocycles. The lowest BCUT2D eigenvalue weighted by molar-refractivity contribution is -0.0409. The van der Waals surface area contributed by atoms with Gasteiger partial charge in [0.2, 0.25) is 0 Å². The number of hydrogen-bond acceptors (Lipinski definition) is 11. The summed E-state index contributed by atoms with van der Waals surface area (Å²) in [4.78, 5) is 44.3. The number of fused-ring (bicyclic) bond motifs is 3. The summed E-state index contributed by atoms with van der Waals surface area (Å²) in [6.07, 6.45) is -1.91. The number of aliphatic hydroxyl groups is 1. The third kappa shape index (κ3) is 5.39. The molecular formula is C15H19N4O12P3. The van der Waals surface area contributed by atoms with E-state index in [0.29, 0.717) is 16.6 Å². The Morgan fingerprint density at radius 3 is 2.50 bits per heavy atom. The lowest BCUT2D eigenvalue weighted by Crippen LogP contribution is -2.26. The zero-order valence-corrected chi connectivity index (χ0v) is 19.6. The SMILES string of the molecule is Nc1ncnc2c1c1ccccc1n2[C@H]1C[C@H](O)[C@@H](COP(=O)(O)OP(=O)(O)OP(=O)(O)O)O1. The van der Waals surface area contributed by atoms with Gasteiger partial charge in [-0.3, -0.25) is 9.09 Å². The number of aliphatic hydroxyl groups excluding tert-OH is 1. The number of para-hydroxylation sites is 1. The Morgan fingerprint density at radius 2 is 1.79 bits per heavy atom. The summed E-state index contributed by atoms with van der Waals surface area (Å²) in [5.74, 6) is 0.239. The van der Waals surface area contributed by atoms with Crippen molar-refractivity contribution in [2.45, 2.75) is 24.9 Å². The Balaban J connectivity index is 1.52. The summed E-state index contributed by atoms with van der Waals surface area (Å²) in [5, 5.41) is 11.7. The van der Waals surface area contributed by atoms with Crippen LogP contribution in [0, 0.1) is 0 Å². The number of benzene rings is 1. The Kier molecular flexibility index (Phi) is 6.72. The molecule has 4 rings (SSSR count). The highest BCUT2D eigenvalue weighted by Gasteiger charge is 2.43. The number of nitrogen functional groups attached to an aromatic ring is 1. The van der Waals surface area contributed by atoms with Crippen LogP contribution in [-0.4, -0.2) is 58.0 Å². The third-order valence-corrected chi connectivity index (χ3v) is 8.63. The molecule has 0 bridgehead atoms. The second-order valence-electron chi connectivity index (χ2n) is 7.16. The lowest BCUT2D eigenvalue weighted by atomic mass is 10.2. The van der Waals surface area contributed by atoms with Gasteiger partial charge < -0.3 is 35.2 Å². The predicted molar refractivity (Wildman–Crippen MR) is 114 cm³/mol. The average molecular weight is 540 g/mol. The van der Waals surface area contributed by atoms with Crippen LogP contribution >= 0.6 is 23.5 Å². The van der Waals surface area contributed by atoms with Crippen molar-refractivity contribution in [1.29, 1.82) is 0 Å². The molecule has 3 heterocycles. The van der Waals surface area contributed by atoms with Crippen LogP contribution in [0.15, 0.2) is 30.6 Å². The van der Waals surface area contributed by atoms with Crippen LogP contribution in [-0.2, 0) is 31.6 Å². The molecule has 3 aromatic rings. The van der Waals surface area contributed by atoms with Gasteiger partial charge in [0.05, 0.1) is 23.6 Å². The Labute approximate surface area is 190 Å². The second kappa shape index (κ2) is 9.03. The molecule has 5 atom stereocenters. The van der Waals surface area contributed by atoms with Crippen LogP contribution < -0.4 is 5.73 Å². The molecule has 1 saturated heterocycles. The van der Waals surface area contributed by atoms with Gasteiger partial charge in [0, 0.05) is 11.8 Å². The van der Waals surface area contributed by atoms with Crippen LogP contribution in [0.1, 0.15) is 12.6 Å². The van der Waals surface area contributed by atoms with Gasteiger partial charge >= 0.3 is 23.5 Å². The van der Waals surface area contributed by atoms with Crippen molar-refractivity contribution in [1.82, 2.24) is 14.5 Å². The van der Waals surface area contributed by atoms with Crippen LogP contribution in [0.25, 0.3) is 21.9 Å². The van der Waals surface area contributed by atoms with Crippen molar-refractivity contribution in [3.8, 4) is 0 Å². The van der Waals surface area contributed by atoms with E-state index in [4.69, 9.17) is 20.3 Å². The largest absolute Gasteiger partial charge is 0.490 e. The normalized spacial score (nSPS) is 24.9. The molecular weight excluding hydrogens is 521 g/mol. The average Bonchev–Trinajstić information content (AvgIpc) is 3.21. The van der Waals surface area contributed by atoms with Crippen molar-refractivity contribution in [2.75, 3.05) is 12.3 Å². The number of ether oxygens (including phenoxy) is 1. The Bertz CT molecular complexity index is 1380. The van der Waals surface area contributed by atoms with E-state index < -0.39 is 48.5 Å². The summed E-state index contributed by atoms with van der Waals surface area (Å²) in [6.45, 7) is -0.782. The summed E-state index contributed by atoms with van der Waals surface area (Å²) < 4.78 is 53.4. The molecule has 1 fully saturated rings. The topological polar surface area (TPSA) is 246 Å². The van der Waals surface area contributed by atoms with E-state index >= 15 is 0 Å². The number of nitrogens with zero attached hydrogens (tertiary/aromatic N) is 3. The zero-order chi connectivity index (χ0) is 24.9. The summed E-state index contributed by atoms with van der Waals surface area (Å²) in [6, 6.07) is 7.17. The fraction of sp³-hybridized carbons (Fsp3) is 0.333. The summed E-state index contributed by atoms with van der Waals surface area (Å²) in [7, 11) is -16.5. The molecule has 16 nitrogen and oxygen atoms in total. The quantitative estimate of drug-likeness (QED) is 0.219. The number of anilines is 1. The van der Waals surface area contributed by atoms with Gasteiger partial charge in [-0.25, -0.2) is 23.7 Å². The molecule has 0 radical (unpaired) electrons. The molecule has 1 aliphatic rings. The van der Waals surface area contributed by atoms with Crippen LogP contribution in [0.5, 0.6) is 0 Å². The second-order valence-corrected chi connectivity index (χ2v) is 11.6. The standard InChI is InChI=1S/C15H19N4O12P3/c16-14-13-8-3-1-2-4-9(8)19(15(13)18-7-17-14)12-5-10(20)11(29-12)6-28-33(24,25)31-34(26,27)30-32(21,22)23/h1-4,7,10-12,20H,5-6H2,(H,24,25)(H,26,27)(H2,16,17,18)(H2,21,22,23)/t10-,11+,12+/m0/s1. The molecule has 2 unspecified atom stereocenters. The van der Waals surface area contributed by atoms with E-state index in [2.05, 4.69) is 23.1 Å². The number of aromatic nitrogens is 3. The number of phosphoric ester groups is 1. The van der Waals surface area contributed by atoms with Gasteiger partial charge in [0.1, 0.15) is 30.1 Å². The Hall–Kier alpha value is -1.77. The van der Waals surface area contributed by atoms with E-state index in [1.54, 1.807) is 22.8 Å². The highest BCUT2D eigenvalue weighted by atomic mass is 31.3. The minimum atomic E-state index is -5.66. The van der Waals surface area contributed by atoms with Gasteiger partial charge in [-0.2, -0.15) is 8.62 Å². The minimum absolute atomic E-state index is 0.0160. The highest BCUT2D eigenvalue weighted by molar-refractivity contribution is 7.66. The van der Waals surface area contributed by atoms with Gasteiger partial charge in [-0.15, -0.1) is 0 Å². The smallest absolute Gasteiger partial charge is 0.390 e. The van der Waals surface area contributed by atoms with Crippen LogP contribution in [0.2, 0.25) is 0 Å². The molecule has 0 spiro atoms. The molecule has 1 aliphatic heterocycles. The van der Waals surface area contributed by atoms with E-state index in [-0.39, 0.29) is 12.2 Å². The fourth-order valence-electron chi connectivity index (χ4n) is 3.63. The van der Waals surface area contributed by atoms with E-state index in [0.717, 1.165) is 5.39 Å². The first-order valence-electron chi connectivity index (χ1n) is 9.37. The first-order valence-corrected chi connectivity index (χ1v) is 13.9. The molecule has 0 amide bonds. The van der Waals surface area contributed by atoms with E-state index in [1.807, 2.05) is 6.07 Å². The van der Waals surface area contributed by atoms with Gasteiger partial charge in [-0.1, -0.05) is 18.2 Å². The molecule has 0 saturated carbocycles. The summed E-state index contributed by atoms with van der Waals surface area (Å²) in [5.41, 5.74) is 7.13. The van der Waals surface area contributed by atoms with Gasteiger partial charge in [0.15, 0.2) is 0 Å². The molecule has 1 aromatic carbocycles. The van der Waals surface area contributed by atoms with Crippen molar-refractivity contribution in [3.05, 3.63) is 30.6 Å².